The molecule has 0 radical (unpaired) electrons. The van der Waals surface area contributed by atoms with Crippen molar-refractivity contribution in [1.29, 1.82) is 0 Å². The number of methoxy groups -OCH3 is 2. The third kappa shape index (κ3) is 4.05. The van der Waals surface area contributed by atoms with Gasteiger partial charge in [0.25, 0.3) is 5.56 Å². The molecule has 1 aliphatic rings. The number of aryl methyl sites for hydroxylation is 1. The third-order valence-corrected chi connectivity index (χ3v) is 5.73. The number of benzene rings is 2. The van der Waals surface area contributed by atoms with E-state index in [2.05, 4.69) is 10.3 Å². The molecule has 8 heteroatoms. The van der Waals surface area contributed by atoms with Crippen LogP contribution in [0.2, 0.25) is 0 Å². The van der Waals surface area contributed by atoms with Crippen LogP contribution in [0.1, 0.15) is 36.4 Å². The lowest BCUT2D eigenvalue weighted by Gasteiger charge is -2.16. The zero-order valence-electron chi connectivity index (χ0n) is 17.6. The topological polar surface area (TPSA) is 102 Å². The molecule has 8 nitrogen and oxygen atoms in total. The fourth-order valence-corrected chi connectivity index (χ4v) is 4.15. The van der Waals surface area contributed by atoms with Crippen molar-refractivity contribution in [2.24, 2.45) is 0 Å². The summed E-state index contributed by atoms with van der Waals surface area (Å²) >= 11 is 0. The fraction of sp³-hybridized carbons (Fsp3) is 0.348. The number of aromatic amines is 1. The van der Waals surface area contributed by atoms with Gasteiger partial charge in [0.1, 0.15) is 0 Å². The Morgan fingerprint density at radius 1 is 1.16 bits per heavy atom. The molecular formula is C23H25N3O5. The van der Waals surface area contributed by atoms with Crippen LogP contribution >= 0.6 is 0 Å². The summed E-state index contributed by atoms with van der Waals surface area (Å²) in [5.74, 6) is 1.20. The Balaban J connectivity index is 1.40. The molecule has 1 atom stereocenters. The minimum atomic E-state index is -0.463. The van der Waals surface area contributed by atoms with Crippen molar-refractivity contribution < 1.29 is 14.3 Å². The maximum atomic E-state index is 12.6. The number of carbonyl (C=O) groups is 1. The van der Waals surface area contributed by atoms with Gasteiger partial charge in [-0.25, -0.2) is 4.79 Å². The number of ether oxygens (including phenoxy) is 2. The molecule has 2 aromatic carbocycles. The highest BCUT2D eigenvalue weighted by Crippen LogP contribution is 2.39. The normalized spacial score (nSPS) is 15.0. The van der Waals surface area contributed by atoms with Crippen LogP contribution in [-0.4, -0.2) is 29.7 Å². The van der Waals surface area contributed by atoms with Gasteiger partial charge >= 0.3 is 5.69 Å². The van der Waals surface area contributed by atoms with Crippen molar-refractivity contribution in [3.63, 3.8) is 0 Å². The Morgan fingerprint density at radius 3 is 2.68 bits per heavy atom. The van der Waals surface area contributed by atoms with E-state index in [1.807, 2.05) is 12.1 Å². The van der Waals surface area contributed by atoms with Gasteiger partial charge in [-0.2, -0.15) is 0 Å². The predicted octanol–water partition coefficient (Wildman–Crippen LogP) is 2.29. The summed E-state index contributed by atoms with van der Waals surface area (Å²) in [4.78, 5) is 40.0. The van der Waals surface area contributed by atoms with Gasteiger partial charge < -0.3 is 19.8 Å². The second-order valence-electron chi connectivity index (χ2n) is 7.60. The molecule has 0 saturated carbocycles. The molecule has 0 saturated heterocycles. The number of H-pyrrole nitrogens is 1. The van der Waals surface area contributed by atoms with E-state index < -0.39 is 5.69 Å². The summed E-state index contributed by atoms with van der Waals surface area (Å²) in [5, 5.41) is 3.52. The number of nitrogens with one attached hydrogen (secondary N) is 2. The van der Waals surface area contributed by atoms with Crippen molar-refractivity contribution >= 4 is 16.8 Å². The van der Waals surface area contributed by atoms with E-state index in [-0.39, 0.29) is 30.5 Å². The average molecular weight is 423 g/mol. The summed E-state index contributed by atoms with van der Waals surface area (Å²) in [5.41, 5.74) is 1.88. The minimum Gasteiger partial charge on any atom is -0.493 e. The van der Waals surface area contributed by atoms with E-state index in [1.54, 1.807) is 38.5 Å². The highest BCUT2D eigenvalue weighted by atomic mass is 16.5. The molecule has 2 N–H and O–H groups in total. The molecule has 0 unspecified atom stereocenters. The van der Waals surface area contributed by atoms with Crippen LogP contribution in [0.25, 0.3) is 10.9 Å². The quantitative estimate of drug-likeness (QED) is 0.607. The largest absolute Gasteiger partial charge is 0.493 e. The lowest BCUT2D eigenvalue weighted by atomic mass is 10.1. The van der Waals surface area contributed by atoms with Gasteiger partial charge in [0, 0.05) is 13.0 Å². The summed E-state index contributed by atoms with van der Waals surface area (Å²) in [6.45, 7) is 0.179. The monoisotopic (exact) mass is 423 g/mol. The summed E-state index contributed by atoms with van der Waals surface area (Å²) < 4.78 is 11.9. The Bertz CT molecular complexity index is 1240. The second kappa shape index (κ2) is 8.67. The Hall–Kier alpha value is -3.55. The van der Waals surface area contributed by atoms with Crippen molar-refractivity contribution in [1.82, 2.24) is 14.9 Å². The number of nitrogens with zero attached hydrogens (tertiary/aromatic N) is 1. The maximum Gasteiger partial charge on any atom is 0.328 e. The molecule has 4 rings (SSSR count). The van der Waals surface area contributed by atoms with E-state index in [1.165, 1.54) is 0 Å². The number of rotatable bonds is 7. The third-order valence-electron chi connectivity index (χ3n) is 5.73. The lowest BCUT2D eigenvalue weighted by Crippen LogP contribution is -2.35. The molecule has 0 bridgehead atoms. The first kappa shape index (κ1) is 20.7. The lowest BCUT2D eigenvalue weighted by molar-refractivity contribution is -0.122. The first-order valence-corrected chi connectivity index (χ1v) is 10.3. The highest BCUT2D eigenvalue weighted by Gasteiger charge is 2.26. The van der Waals surface area contributed by atoms with E-state index in [0.717, 1.165) is 28.5 Å². The zero-order chi connectivity index (χ0) is 22.0. The number of aromatic nitrogens is 2. The van der Waals surface area contributed by atoms with Crippen LogP contribution in [0.15, 0.2) is 46.0 Å². The van der Waals surface area contributed by atoms with E-state index >= 15 is 0 Å². The number of hydrogen-bond donors (Lipinski definition) is 2. The zero-order valence-corrected chi connectivity index (χ0v) is 17.6. The highest BCUT2D eigenvalue weighted by molar-refractivity contribution is 5.77. The van der Waals surface area contributed by atoms with Gasteiger partial charge in [-0.05, 0) is 54.7 Å². The fourth-order valence-electron chi connectivity index (χ4n) is 4.15. The molecule has 1 aliphatic carbocycles. The molecule has 1 aromatic heterocycles. The van der Waals surface area contributed by atoms with Gasteiger partial charge in [0.15, 0.2) is 11.5 Å². The van der Waals surface area contributed by atoms with Crippen molar-refractivity contribution in [2.45, 2.75) is 38.3 Å². The van der Waals surface area contributed by atoms with Crippen LogP contribution in [-0.2, 0) is 17.8 Å². The van der Waals surface area contributed by atoms with Crippen LogP contribution in [0, 0.1) is 0 Å². The standard InChI is InChI=1S/C23H25N3O5/c1-30-19-12-14-9-10-18(16(14)13-20(19)31-2)24-21(27)8-5-11-26-22(28)15-6-3-4-7-17(15)25-23(26)29/h3-4,6-7,12-13,18H,5,8-11H2,1-2H3,(H,24,27)(H,25,29)/t18-/m1/s1. The first-order valence-electron chi connectivity index (χ1n) is 10.3. The van der Waals surface area contributed by atoms with E-state index in [4.69, 9.17) is 9.47 Å². The number of carbonyl (C=O) groups excluding carboxylic acids is 1. The Labute approximate surface area is 178 Å². The molecule has 0 fully saturated rings. The molecule has 1 amide bonds. The van der Waals surface area contributed by atoms with Gasteiger partial charge in [-0.15, -0.1) is 0 Å². The second-order valence-corrected chi connectivity index (χ2v) is 7.60. The summed E-state index contributed by atoms with van der Waals surface area (Å²) in [7, 11) is 3.19. The number of para-hydroxylation sites is 1. The maximum absolute atomic E-state index is 12.6. The van der Waals surface area contributed by atoms with Gasteiger partial charge in [-0.3, -0.25) is 14.2 Å². The van der Waals surface area contributed by atoms with Crippen molar-refractivity contribution in [3.05, 3.63) is 68.4 Å². The molecule has 162 valence electrons. The Kier molecular flexibility index (Phi) is 5.79. The van der Waals surface area contributed by atoms with E-state index in [0.29, 0.717) is 28.8 Å². The van der Waals surface area contributed by atoms with Crippen LogP contribution < -0.4 is 26.0 Å². The van der Waals surface area contributed by atoms with Gasteiger partial charge in [0.05, 0.1) is 31.2 Å². The number of hydrogen-bond acceptors (Lipinski definition) is 5. The summed E-state index contributed by atoms with van der Waals surface area (Å²) in [6.07, 6.45) is 2.26. The van der Waals surface area contributed by atoms with Crippen LogP contribution in [0.4, 0.5) is 0 Å². The molecule has 31 heavy (non-hydrogen) atoms. The molecular weight excluding hydrogens is 398 g/mol. The van der Waals surface area contributed by atoms with Crippen LogP contribution in [0.3, 0.4) is 0 Å². The van der Waals surface area contributed by atoms with Crippen molar-refractivity contribution in [3.8, 4) is 11.5 Å². The molecule has 3 aromatic rings. The average Bonchev–Trinajstić information content (AvgIpc) is 3.16. The van der Waals surface area contributed by atoms with E-state index in [9.17, 15) is 14.4 Å². The van der Waals surface area contributed by atoms with Crippen LogP contribution in [0.5, 0.6) is 11.5 Å². The minimum absolute atomic E-state index is 0.0888. The van der Waals surface area contributed by atoms with Crippen molar-refractivity contribution in [2.75, 3.05) is 14.2 Å². The molecule has 0 aliphatic heterocycles. The predicted molar refractivity (Wildman–Crippen MR) is 117 cm³/mol. The summed E-state index contributed by atoms with van der Waals surface area (Å²) in [6, 6.07) is 10.7. The smallest absolute Gasteiger partial charge is 0.328 e. The van der Waals surface area contributed by atoms with Gasteiger partial charge in [0.2, 0.25) is 5.91 Å². The first-order chi connectivity index (χ1) is 15.0. The molecule has 1 heterocycles. The Morgan fingerprint density at radius 2 is 1.90 bits per heavy atom. The number of amides is 1. The SMILES string of the molecule is COc1cc2c(cc1OC)[C@H](NC(=O)CCCn1c(=O)[nH]c3ccccc3c1=O)CC2. The van der Waals surface area contributed by atoms with Gasteiger partial charge in [-0.1, -0.05) is 12.1 Å². The number of fused-ring (bicyclic) bond motifs is 2. The molecule has 0 spiro atoms.